The zero-order valence-electron chi connectivity index (χ0n) is 11.5. The number of rotatable bonds is 5. The summed E-state index contributed by atoms with van der Waals surface area (Å²) in [5.41, 5.74) is 10.4. The van der Waals surface area contributed by atoms with E-state index < -0.39 is 0 Å². The van der Waals surface area contributed by atoms with E-state index in [1.807, 2.05) is 18.2 Å². The van der Waals surface area contributed by atoms with Crippen molar-refractivity contribution in [3.8, 4) is 0 Å². The van der Waals surface area contributed by atoms with Crippen molar-refractivity contribution in [2.75, 3.05) is 5.32 Å². The van der Waals surface area contributed by atoms with Gasteiger partial charge in [-0.2, -0.15) is 0 Å². The Morgan fingerprint density at radius 2 is 1.78 bits per heavy atom. The van der Waals surface area contributed by atoms with Crippen molar-refractivity contribution in [2.45, 2.75) is 20.8 Å². The molecule has 0 radical (unpaired) electrons. The van der Waals surface area contributed by atoms with Gasteiger partial charge in [-0.25, -0.2) is 0 Å². The summed E-state index contributed by atoms with van der Waals surface area (Å²) in [6.45, 7) is 14.0. The summed E-state index contributed by atoms with van der Waals surface area (Å²) < 4.78 is 0. The predicted octanol–water partition coefficient (Wildman–Crippen LogP) is 3.98. The third-order valence-corrected chi connectivity index (χ3v) is 2.68. The number of hydrogen-bond acceptors (Lipinski definition) is 2. The van der Waals surface area contributed by atoms with Crippen molar-refractivity contribution in [1.29, 1.82) is 0 Å². The highest BCUT2D eigenvalue weighted by molar-refractivity contribution is 5.52. The predicted molar refractivity (Wildman–Crippen MR) is 80.2 cm³/mol. The van der Waals surface area contributed by atoms with Crippen LogP contribution in [0.25, 0.3) is 0 Å². The van der Waals surface area contributed by atoms with Crippen LogP contribution in [0.15, 0.2) is 60.5 Å². The highest BCUT2D eigenvalue weighted by atomic mass is 14.9. The Morgan fingerprint density at radius 1 is 1.22 bits per heavy atom. The van der Waals surface area contributed by atoms with E-state index in [0.29, 0.717) is 11.6 Å². The van der Waals surface area contributed by atoms with Gasteiger partial charge in [-0.05, 0) is 36.6 Å². The van der Waals surface area contributed by atoms with Gasteiger partial charge >= 0.3 is 0 Å². The molecule has 0 bridgehead atoms. The molecule has 3 N–H and O–H groups in total. The van der Waals surface area contributed by atoms with E-state index in [-0.39, 0.29) is 0 Å². The van der Waals surface area contributed by atoms with Crippen LogP contribution in [0.2, 0.25) is 0 Å². The van der Waals surface area contributed by atoms with Crippen molar-refractivity contribution < 1.29 is 0 Å². The molecule has 0 amide bonds. The number of aryl methyl sites for hydroxylation is 1. The molecular formula is C16H22N2. The van der Waals surface area contributed by atoms with E-state index in [1.54, 1.807) is 0 Å². The fourth-order valence-electron chi connectivity index (χ4n) is 1.68. The van der Waals surface area contributed by atoms with E-state index in [1.165, 1.54) is 5.56 Å². The Balaban J connectivity index is 2.79. The maximum absolute atomic E-state index is 5.77. The third-order valence-electron chi connectivity index (χ3n) is 2.68. The summed E-state index contributed by atoms with van der Waals surface area (Å²) in [4.78, 5) is 0. The first kappa shape index (κ1) is 14.1. The first-order valence-corrected chi connectivity index (χ1v) is 6.09. The Bertz CT molecular complexity index is 464. The molecule has 0 heterocycles. The number of nitrogens with two attached hydrogens (primary N) is 1. The van der Waals surface area contributed by atoms with E-state index in [9.17, 15) is 0 Å². The number of allylic oxidation sites excluding steroid dienone is 2. The van der Waals surface area contributed by atoms with Gasteiger partial charge in [0.1, 0.15) is 0 Å². The first-order valence-electron chi connectivity index (χ1n) is 6.09. The molecule has 0 aliphatic rings. The summed E-state index contributed by atoms with van der Waals surface area (Å²) in [6.07, 6.45) is 1.95. The number of benzene rings is 1. The molecule has 0 aliphatic carbocycles. The van der Waals surface area contributed by atoms with Gasteiger partial charge in [0, 0.05) is 17.1 Å². The molecule has 1 rings (SSSR count). The van der Waals surface area contributed by atoms with E-state index in [2.05, 4.69) is 51.4 Å². The Labute approximate surface area is 110 Å². The Morgan fingerprint density at radius 3 is 2.22 bits per heavy atom. The highest BCUT2D eigenvalue weighted by Crippen LogP contribution is 2.18. The molecule has 0 aromatic heterocycles. The molecule has 0 saturated heterocycles. The lowest BCUT2D eigenvalue weighted by atomic mass is 10.00. The minimum Gasteiger partial charge on any atom is -0.399 e. The average Bonchev–Trinajstić information content (AvgIpc) is 2.28. The average molecular weight is 242 g/mol. The maximum atomic E-state index is 5.77. The molecule has 0 spiro atoms. The van der Waals surface area contributed by atoms with Crippen molar-refractivity contribution in [1.82, 2.24) is 0 Å². The van der Waals surface area contributed by atoms with Crippen LogP contribution >= 0.6 is 0 Å². The fourth-order valence-corrected chi connectivity index (χ4v) is 1.68. The fraction of sp³-hybridized carbons (Fsp3) is 0.250. The lowest BCUT2D eigenvalue weighted by Gasteiger charge is -2.13. The van der Waals surface area contributed by atoms with Crippen LogP contribution < -0.4 is 11.1 Å². The lowest BCUT2D eigenvalue weighted by Crippen LogP contribution is -2.07. The quantitative estimate of drug-likeness (QED) is 0.767. The molecule has 96 valence electrons. The minimum atomic E-state index is 0.332. The van der Waals surface area contributed by atoms with Gasteiger partial charge in [-0.3, -0.25) is 0 Å². The number of hydrogen-bond donors (Lipinski definition) is 2. The van der Waals surface area contributed by atoms with Crippen LogP contribution in [0.4, 0.5) is 5.69 Å². The maximum Gasteiger partial charge on any atom is 0.0384 e. The third kappa shape index (κ3) is 4.13. The summed E-state index contributed by atoms with van der Waals surface area (Å²) >= 11 is 0. The van der Waals surface area contributed by atoms with E-state index in [0.717, 1.165) is 17.0 Å². The summed E-state index contributed by atoms with van der Waals surface area (Å²) in [7, 11) is 0. The summed E-state index contributed by atoms with van der Waals surface area (Å²) in [6, 6.07) is 8.18. The van der Waals surface area contributed by atoms with Crippen LogP contribution in [0.5, 0.6) is 0 Å². The second-order valence-corrected chi connectivity index (χ2v) is 4.80. The Kier molecular flexibility index (Phi) is 4.78. The van der Waals surface area contributed by atoms with Gasteiger partial charge in [0.05, 0.1) is 0 Å². The van der Waals surface area contributed by atoms with Crippen molar-refractivity contribution in [3.63, 3.8) is 0 Å². The highest BCUT2D eigenvalue weighted by Gasteiger charge is 2.05. The van der Waals surface area contributed by atoms with Gasteiger partial charge in [-0.1, -0.05) is 44.7 Å². The zero-order chi connectivity index (χ0) is 13.7. The topological polar surface area (TPSA) is 38.0 Å². The number of anilines is 1. The lowest BCUT2D eigenvalue weighted by molar-refractivity contribution is 0.774. The van der Waals surface area contributed by atoms with Crippen LogP contribution in [0, 0.1) is 12.8 Å². The molecule has 1 aromatic rings. The van der Waals surface area contributed by atoms with Gasteiger partial charge in [-0.15, -0.1) is 0 Å². The molecule has 0 saturated carbocycles. The van der Waals surface area contributed by atoms with Crippen LogP contribution in [0.1, 0.15) is 19.4 Å². The van der Waals surface area contributed by atoms with Gasteiger partial charge in [0.2, 0.25) is 0 Å². The van der Waals surface area contributed by atoms with Gasteiger partial charge < -0.3 is 11.1 Å². The monoisotopic (exact) mass is 242 g/mol. The van der Waals surface area contributed by atoms with Crippen molar-refractivity contribution >= 4 is 5.69 Å². The SMILES string of the molecule is C=C(/C=C(\C(=C)N)C(C)C)Nc1ccc(C)cc1. The normalized spacial score (nSPS) is 11.4. The van der Waals surface area contributed by atoms with Gasteiger partial charge in [0.15, 0.2) is 0 Å². The zero-order valence-corrected chi connectivity index (χ0v) is 11.5. The first-order chi connectivity index (χ1) is 8.40. The molecule has 18 heavy (non-hydrogen) atoms. The van der Waals surface area contributed by atoms with E-state index >= 15 is 0 Å². The van der Waals surface area contributed by atoms with Crippen LogP contribution in [0.3, 0.4) is 0 Å². The standard InChI is InChI=1S/C16H22N2/c1-11(2)16(14(5)17)10-13(4)18-15-8-6-12(3)7-9-15/h6-11,18H,4-5,17H2,1-3H3/b16-10-. The minimum absolute atomic E-state index is 0.332. The smallest absolute Gasteiger partial charge is 0.0384 e. The molecule has 2 heteroatoms. The second-order valence-electron chi connectivity index (χ2n) is 4.80. The number of nitrogens with one attached hydrogen (secondary N) is 1. The summed E-state index contributed by atoms with van der Waals surface area (Å²) in [5, 5.41) is 3.24. The Hall–Kier alpha value is -1.96. The molecule has 0 fully saturated rings. The molecule has 1 aromatic carbocycles. The second kappa shape index (κ2) is 6.10. The van der Waals surface area contributed by atoms with Crippen LogP contribution in [-0.2, 0) is 0 Å². The molecule has 0 atom stereocenters. The van der Waals surface area contributed by atoms with Crippen molar-refractivity contribution in [3.05, 3.63) is 66.0 Å². The molecular weight excluding hydrogens is 220 g/mol. The summed E-state index contributed by atoms with van der Waals surface area (Å²) in [5.74, 6) is 0.332. The largest absolute Gasteiger partial charge is 0.399 e. The molecule has 0 unspecified atom stereocenters. The van der Waals surface area contributed by atoms with Crippen molar-refractivity contribution in [2.24, 2.45) is 11.7 Å². The van der Waals surface area contributed by atoms with Crippen LogP contribution in [-0.4, -0.2) is 0 Å². The van der Waals surface area contributed by atoms with Gasteiger partial charge in [0.25, 0.3) is 0 Å². The molecule has 2 nitrogen and oxygen atoms in total. The van der Waals surface area contributed by atoms with E-state index in [4.69, 9.17) is 5.73 Å². The molecule has 0 aliphatic heterocycles.